The first kappa shape index (κ1) is 12.7. The molecule has 2 aromatic heterocycles. The smallest absolute Gasteiger partial charge is 0.180 e. The van der Waals surface area contributed by atoms with Crippen LogP contribution in [0.3, 0.4) is 0 Å². The van der Waals surface area contributed by atoms with Crippen molar-refractivity contribution in [1.82, 2.24) is 15.2 Å². The molecule has 20 heavy (non-hydrogen) atoms. The van der Waals surface area contributed by atoms with Crippen molar-refractivity contribution in [3.05, 3.63) is 47.1 Å². The summed E-state index contributed by atoms with van der Waals surface area (Å²) < 4.78 is 5.16. The fraction of sp³-hybridized carbons (Fsp3) is 0.143. The monoisotopic (exact) mass is 286 g/mol. The highest BCUT2D eigenvalue weighted by Gasteiger charge is 2.11. The Kier molecular flexibility index (Phi) is 3.39. The van der Waals surface area contributed by atoms with Gasteiger partial charge < -0.3 is 10.5 Å². The van der Waals surface area contributed by atoms with Crippen LogP contribution in [-0.4, -0.2) is 22.3 Å². The minimum absolute atomic E-state index is 0.566. The van der Waals surface area contributed by atoms with Gasteiger partial charge in [0.05, 0.1) is 19.0 Å². The number of nitrogens with one attached hydrogen (secondary N) is 1. The summed E-state index contributed by atoms with van der Waals surface area (Å²) in [6.45, 7) is 0. The molecule has 0 saturated heterocycles. The van der Waals surface area contributed by atoms with Crippen LogP contribution in [0.25, 0.3) is 11.3 Å². The zero-order chi connectivity index (χ0) is 13.9. The fourth-order valence-electron chi connectivity index (χ4n) is 2.03. The molecule has 2 heterocycles. The second-order valence-electron chi connectivity index (χ2n) is 4.36. The Labute approximate surface area is 120 Å². The molecule has 0 saturated carbocycles. The summed E-state index contributed by atoms with van der Waals surface area (Å²) in [7, 11) is 1.66. The molecule has 0 bridgehead atoms. The third-order valence-corrected chi connectivity index (χ3v) is 3.73. The van der Waals surface area contributed by atoms with Crippen molar-refractivity contribution >= 4 is 16.5 Å². The molecule has 0 radical (unpaired) electrons. The first-order valence-electron chi connectivity index (χ1n) is 6.13. The van der Waals surface area contributed by atoms with Gasteiger partial charge in [0.2, 0.25) is 0 Å². The summed E-state index contributed by atoms with van der Waals surface area (Å²) in [5.74, 6) is 0.853. The van der Waals surface area contributed by atoms with Crippen molar-refractivity contribution in [1.29, 1.82) is 0 Å². The Morgan fingerprint density at radius 1 is 1.30 bits per heavy atom. The highest BCUT2D eigenvalue weighted by Crippen LogP contribution is 2.26. The van der Waals surface area contributed by atoms with Crippen molar-refractivity contribution in [2.24, 2.45) is 0 Å². The van der Waals surface area contributed by atoms with E-state index < -0.39 is 0 Å². The Balaban J connectivity index is 1.86. The van der Waals surface area contributed by atoms with Crippen LogP contribution in [0.5, 0.6) is 5.75 Å². The van der Waals surface area contributed by atoms with Gasteiger partial charge in [-0.05, 0) is 17.7 Å². The van der Waals surface area contributed by atoms with Crippen LogP contribution in [-0.2, 0) is 6.42 Å². The maximum absolute atomic E-state index is 5.68. The molecule has 0 spiro atoms. The van der Waals surface area contributed by atoms with Crippen LogP contribution < -0.4 is 10.5 Å². The van der Waals surface area contributed by atoms with E-state index in [1.54, 1.807) is 13.3 Å². The van der Waals surface area contributed by atoms with Gasteiger partial charge in [-0.3, -0.25) is 5.10 Å². The first-order chi connectivity index (χ1) is 9.76. The zero-order valence-electron chi connectivity index (χ0n) is 11.0. The predicted molar refractivity (Wildman–Crippen MR) is 79.9 cm³/mol. The van der Waals surface area contributed by atoms with Crippen molar-refractivity contribution in [2.45, 2.75) is 6.42 Å². The van der Waals surface area contributed by atoms with Crippen LogP contribution in [0.4, 0.5) is 5.13 Å². The van der Waals surface area contributed by atoms with Gasteiger partial charge in [0.1, 0.15) is 5.75 Å². The predicted octanol–water partition coefficient (Wildman–Crippen LogP) is 2.71. The molecular formula is C14H14N4OS. The van der Waals surface area contributed by atoms with E-state index in [9.17, 15) is 0 Å². The lowest BCUT2D eigenvalue weighted by atomic mass is 10.1. The Morgan fingerprint density at radius 2 is 2.10 bits per heavy atom. The van der Waals surface area contributed by atoms with E-state index in [-0.39, 0.29) is 0 Å². The van der Waals surface area contributed by atoms with Gasteiger partial charge in [0.25, 0.3) is 0 Å². The van der Waals surface area contributed by atoms with Gasteiger partial charge >= 0.3 is 0 Å². The number of nitrogens with two attached hydrogens (primary N) is 1. The quantitative estimate of drug-likeness (QED) is 0.773. The van der Waals surface area contributed by atoms with Crippen molar-refractivity contribution in [3.63, 3.8) is 0 Å². The van der Waals surface area contributed by atoms with Gasteiger partial charge in [0, 0.05) is 23.1 Å². The number of nitrogen functional groups attached to an aromatic ring is 1. The minimum atomic E-state index is 0.566. The lowest BCUT2D eigenvalue weighted by Gasteiger charge is -2.03. The maximum Gasteiger partial charge on any atom is 0.180 e. The average molecular weight is 286 g/mol. The number of aromatic nitrogens is 3. The van der Waals surface area contributed by atoms with Crippen LogP contribution in [0.15, 0.2) is 35.8 Å². The number of thiazole rings is 1. The maximum atomic E-state index is 5.68. The highest BCUT2D eigenvalue weighted by molar-refractivity contribution is 7.13. The Bertz CT molecular complexity index is 702. The van der Waals surface area contributed by atoms with E-state index in [1.165, 1.54) is 16.9 Å². The number of anilines is 1. The second kappa shape index (κ2) is 5.34. The Morgan fingerprint density at radius 3 is 2.75 bits per heavy atom. The van der Waals surface area contributed by atoms with Crippen molar-refractivity contribution in [3.8, 4) is 17.0 Å². The van der Waals surface area contributed by atoms with Crippen LogP contribution in [0, 0.1) is 0 Å². The van der Waals surface area contributed by atoms with E-state index in [0.29, 0.717) is 5.13 Å². The zero-order valence-corrected chi connectivity index (χ0v) is 11.8. The average Bonchev–Trinajstić information content (AvgIpc) is 3.08. The molecule has 3 rings (SSSR count). The summed E-state index contributed by atoms with van der Waals surface area (Å²) >= 11 is 1.43. The molecule has 3 N–H and O–H groups in total. The van der Waals surface area contributed by atoms with E-state index >= 15 is 0 Å². The Hall–Kier alpha value is -2.34. The minimum Gasteiger partial charge on any atom is -0.497 e. The summed E-state index contributed by atoms with van der Waals surface area (Å²) in [6.07, 6.45) is 2.55. The van der Waals surface area contributed by atoms with Gasteiger partial charge in [-0.25, -0.2) is 4.98 Å². The number of benzene rings is 1. The lowest BCUT2D eigenvalue weighted by Crippen LogP contribution is -1.92. The molecule has 1 aromatic carbocycles. The first-order valence-corrected chi connectivity index (χ1v) is 7.01. The summed E-state index contributed by atoms with van der Waals surface area (Å²) in [4.78, 5) is 4.30. The van der Waals surface area contributed by atoms with Gasteiger partial charge in [-0.2, -0.15) is 5.10 Å². The third kappa shape index (κ3) is 2.50. The van der Waals surface area contributed by atoms with Crippen LogP contribution in [0.1, 0.15) is 11.3 Å². The number of ether oxygens (including phenoxy) is 1. The van der Waals surface area contributed by atoms with Crippen molar-refractivity contribution < 1.29 is 4.74 Å². The number of methoxy groups -OCH3 is 1. The summed E-state index contributed by atoms with van der Waals surface area (Å²) in [6, 6.07) is 7.98. The molecule has 0 fully saturated rings. The van der Waals surface area contributed by atoms with Gasteiger partial charge in [0.15, 0.2) is 5.13 Å². The van der Waals surface area contributed by atoms with Crippen molar-refractivity contribution in [2.75, 3.05) is 12.8 Å². The highest BCUT2D eigenvalue weighted by atomic mass is 32.1. The van der Waals surface area contributed by atoms with E-state index in [1.807, 2.05) is 29.6 Å². The van der Waals surface area contributed by atoms with E-state index in [0.717, 1.165) is 29.1 Å². The van der Waals surface area contributed by atoms with Gasteiger partial charge in [-0.15, -0.1) is 11.3 Å². The van der Waals surface area contributed by atoms with Crippen LogP contribution >= 0.6 is 11.3 Å². The van der Waals surface area contributed by atoms with E-state index in [4.69, 9.17) is 10.5 Å². The molecule has 0 aliphatic carbocycles. The molecule has 0 unspecified atom stereocenters. The number of rotatable bonds is 4. The molecule has 3 aromatic rings. The molecule has 5 nitrogen and oxygen atoms in total. The topological polar surface area (TPSA) is 76.8 Å². The molecule has 0 aliphatic heterocycles. The molecule has 0 amide bonds. The lowest BCUT2D eigenvalue weighted by molar-refractivity contribution is 0.414. The van der Waals surface area contributed by atoms with Gasteiger partial charge in [-0.1, -0.05) is 12.1 Å². The molecule has 0 atom stereocenters. The number of hydrogen-bond donors (Lipinski definition) is 2. The number of aromatic amines is 1. The molecule has 6 heteroatoms. The largest absolute Gasteiger partial charge is 0.497 e. The van der Waals surface area contributed by atoms with E-state index in [2.05, 4.69) is 15.2 Å². The third-order valence-electron chi connectivity index (χ3n) is 3.06. The molecule has 0 aliphatic rings. The number of H-pyrrole nitrogens is 1. The summed E-state index contributed by atoms with van der Waals surface area (Å²) in [5, 5.41) is 9.65. The standard InChI is InChI=1S/C14H14N4OS/c1-19-10-4-2-9(3-5-10)6-12-11(7-16-18-12)13-8-20-14(15)17-13/h2-5,7-8H,6H2,1H3,(H2,15,17)(H,16,18). The normalized spacial score (nSPS) is 10.7. The second-order valence-corrected chi connectivity index (χ2v) is 5.25. The van der Waals surface area contributed by atoms with Crippen LogP contribution in [0.2, 0.25) is 0 Å². The SMILES string of the molecule is COc1ccc(Cc2[nH]ncc2-c2csc(N)n2)cc1. The molecule has 102 valence electrons. The number of nitrogens with zero attached hydrogens (tertiary/aromatic N) is 2. The fourth-order valence-corrected chi connectivity index (χ4v) is 2.59. The summed E-state index contributed by atoms with van der Waals surface area (Å²) in [5.41, 5.74) is 9.75. The molecular weight excluding hydrogens is 272 g/mol. The number of hydrogen-bond acceptors (Lipinski definition) is 5.